The van der Waals surface area contributed by atoms with Crippen molar-refractivity contribution in [3.8, 4) is 0 Å². The van der Waals surface area contributed by atoms with Gasteiger partial charge in [-0.3, -0.25) is 19.3 Å². The van der Waals surface area contributed by atoms with E-state index in [1.54, 1.807) is 45.0 Å². The Kier molecular flexibility index (Phi) is 6.83. The second-order valence-corrected chi connectivity index (χ2v) is 13.0. The van der Waals surface area contributed by atoms with Gasteiger partial charge in [0, 0.05) is 42.4 Å². The molecule has 0 aromatic carbocycles. The summed E-state index contributed by atoms with van der Waals surface area (Å²) >= 11 is 0. The molecule has 9 atom stereocenters. The van der Waals surface area contributed by atoms with Crippen LogP contribution in [0.15, 0.2) is 23.3 Å². The number of fused-ring (bicyclic) bond motifs is 5. The van der Waals surface area contributed by atoms with Crippen molar-refractivity contribution in [3.05, 3.63) is 23.3 Å². The van der Waals surface area contributed by atoms with Gasteiger partial charge in [0.2, 0.25) is 0 Å². The SMILES string of the molecule is CC(=O)O[C@@]12[C@H](OC(=O)[C@@H](C(C)C)N(C)C)[C@@H](C)[C@@]3(O)[C@@H](C=C(CO)C[C@]4(O)C(=O)C(C)=C[C@@H]34)[C@@H]1C2(C)C. The van der Waals surface area contributed by atoms with Crippen LogP contribution in [-0.2, 0) is 23.9 Å². The highest BCUT2D eigenvalue weighted by molar-refractivity contribution is 6.04. The number of hydrogen-bond donors (Lipinski definition) is 3. The Bertz CT molecular complexity index is 1100. The highest BCUT2D eigenvalue weighted by atomic mass is 16.6. The van der Waals surface area contributed by atoms with Gasteiger partial charge >= 0.3 is 11.9 Å². The molecule has 9 heteroatoms. The molecule has 0 saturated heterocycles. The highest BCUT2D eigenvalue weighted by Gasteiger charge is 2.87. The van der Waals surface area contributed by atoms with Crippen LogP contribution in [0.1, 0.15) is 54.9 Å². The first-order valence-corrected chi connectivity index (χ1v) is 13.5. The Hall–Kier alpha value is -2.07. The van der Waals surface area contributed by atoms with Gasteiger partial charge in [-0.25, -0.2) is 0 Å². The van der Waals surface area contributed by atoms with Crippen molar-refractivity contribution in [1.82, 2.24) is 4.90 Å². The summed E-state index contributed by atoms with van der Waals surface area (Å²) in [5.74, 6) is -4.63. The molecule has 4 aliphatic carbocycles. The van der Waals surface area contributed by atoms with Gasteiger partial charge in [0.25, 0.3) is 0 Å². The van der Waals surface area contributed by atoms with Gasteiger partial charge in [-0.2, -0.15) is 0 Å². The summed E-state index contributed by atoms with van der Waals surface area (Å²) in [4.78, 5) is 41.1. The van der Waals surface area contributed by atoms with Crippen molar-refractivity contribution < 1.29 is 39.2 Å². The topological polar surface area (TPSA) is 134 Å². The molecule has 9 nitrogen and oxygen atoms in total. The van der Waals surface area contributed by atoms with Crippen LogP contribution in [0.2, 0.25) is 0 Å². The van der Waals surface area contributed by atoms with E-state index in [2.05, 4.69) is 0 Å². The molecule has 0 radical (unpaired) electrons. The van der Waals surface area contributed by atoms with Crippen LogP contribution in [-0.4, -0.2) is 87.6 Å². The average Bonchev–Trinajstić information content (AvgIpc) is 3.21. The number of aliphatic hydroxyl groups excluding tert-OH is 1. The van der Waals surface area contributed by atoms with Crippen molar-refractivity contribution >= 4 is 17.7 Å². The van der Waals surface area contributed by atoms with E-state index in [1.807, 2.05) is 27.7 Å². The van der Waals surface area contributed by atoms with Gasteiger partial charge in [-0.15, -0.1) is 0 Å². The molecule has 0 unspecified atom stereocenters. The fourth-order valence-corrected chi connectivity index (χ4v) is 8.34. The number of nitrogens with zero attached hydrogens (tertiary/aromatic N) is 1. The molecule has 4 aliphatic rings. The van der Waals surface area contributed by atoms with Crippen LogP contribution in [0.5, 0.6) is 0 Å². The zero-order chi connectivity index (χ0) is 28.7. The molecule has 2 fully saturated rings. The summed E-state index contributed by atoms with van der Waals surface area (Å²) < 4.78 is 12.3. The van der Waals surface area contributed by atoms with Crippen molar-refractivity contribution in [3.63, 3.8) is 0 Å². The summed E-state index contributed by atoms with van der Waals surface area (Å²) in [6.45, 7) is 11.9. The van der Waals surface area contributed by atoms with Gasteiger partial charge in [-0.05, 0) is 38.1 Å². The molecular formula is C29H43NO8. The fourth-order valence-electron chi connectivity index (χ4n) is 8.34. The van der Waals surface area contributed by atoms with Crippen molar-refractivity contribution in [1.29, 1.82) is 0 Å². The number of esters is 2. The third kappa shape index (κ3) is 3.61. The van der Waals surface area contributed by atoms with Crippen LogP contribution in [0, 0.1) is 35.0 Å². The lowest BCUT2D eigenvalue weighted by Crippen LogP contribution is -2.66. The lowest BCUT2D eigenvalue weighted by atomic mass is 9.59. The van der Waals surface area contributed by atoms with Crippen molar-refractivity contribution in [2.75, 3.05) is 20.7 Å². The number of ether oxygens (including phenoxy) is 2. The number of ketones is 1. The zero-order valence-electron chi connectivity index (χ0n) is 23.9. The molecule has 4 rings (SSSR count). The lowest BCUT2D eigenvalue weighted by molar-refractivity contribution is -0.230. The van der Waals surface area contributed by atoms with Crippen LogP contribution < -0.4 is 0 Å². The Balaban J connectivity index is 1.93. The predicted octanol–water partition coefficient (Wildman–Crippen LogP) is 1.64. The largest absolute Gasteiger partial charge is 0.456 e. The first-order valence-electron chi connectivity index (χ1n) is 13.5. The van der Waals surface area contributed by atoms with Crippen molar-refractivity contribution in [2.24, 2.45) is 35.0 Å². The number of hydrogen-bond acceptors (Lipinski definition) is 9. The third-order valence-corrected chi connectivity index (χ3v) is 9.94. The first-order chi connectivity index (χ1) is 17.4. The molecule has 0 heterocycles. The van der Waals surface area contributed by atoms with Gasteiger partial charge in [0.05, 0.1) is 12.2 Å². The third-order valence-electron chi connectivity index (χ3n) is 9.94. The smallest absolute Gasteiger partial charge is 0.324 e. The molecule has 0 spiro atoms. The zero-order valence-corrected chi connectivity index (χ0v) is 23.9. The molecule has 38 heavy (non-hydrogen) atoms. The van der Waals surface area contributed by atoms with E-state index < -0.39 is 82.4 Å². The van der Waals surface area contributed by atoms with Crippen LogP contribution in [0.25, 0.3) is 0 Å². The normalized spacial score (nSPS) is 41.8. The van der Waals surface area contributed by atoms with Gasteiger partial charge in [0.15, 0.2) is 11.4 Å². The molecule has 2 saturated carbocycles. The van der Waals surface area contributed by atoms with Crippen LogP contribution in [0.4, 0.5) is 0 Å². The average molecular weight is 534 g/mol. The number of rotatable bonds is 6. The molecule has 0 bridgehead atoms. The maximum Gasteiger partial charge on any atom is 0.324 e. The maximum atomic E-state index is 13.6. The van der Waals surface area contributed by atoms with E-state index in [0.29, 0.717) is 11.1 Å². The van der Waals surface area contributed by atoms with Gasteiger partial charge in [-0.1, -0.05) is 46.8 Å². The summed E-state index contributed by atoms with van der Waals surface area (Å²) in [5.41, 5.74) is -4.88. The Morgan fingerprint density at radius 3 is 2.29 bits per heavy atom. The van der Waals surface area contributed by atoms with E-state index in [9.17, 15) is 29.7 Å². The number of Topliss-reactive ketones (excluding diaryl/α,β-unsaturated/α-hetero) is 1. The summed E-state index contributed by atoms with van der Waals surface area (Å²) in [6.07, 6.45) is 2.19. The minimum absolute atomic E-state index is 0.0732. The molecule has 0 aromatic rings. The monoisotopic (exact) mass is 533 g/mol. The Morgan fingerprint density at radius 2 is 1.79 bits per heavy atom. The molecule has 0 aliphatic heterocycles. The second kappa shape index (κ2) is 8.98. The summed E-state index contributed by atoms with van der Waals surface area (Å²) in [6, 6.07) is -0.577. The molecule has 0 aromatic heterocycles. The van der Waals surface area contributed by atoms with Crippen LogP contribution in [0.3, 0.4) is 0 Å². The van der Waals surface area contributed by atoms with E-state index in [1.165, 1.54) is 6.92 Å². The van der Waals surface area contributed by atoms with Crippen LogP contribution >= 0.6 is 0 Å². The summed E-state index contributed by atoms with van der Waals surface area (Å²) in [7, 11) is 3.58. The molecule has 212 valence electrons. The minimum Gasteiger partial charge on any atom is -0.456 e. The maximum absolute atomic E-state index is 13.6. The van der Waals surface area contributed by atoms with E-state index in [0.717, 1.165) is 0 Å². The van der Waals surface area contributed by atoms with E-state index in [-0.39, 0.29) is 12.3 Å². The second-order valence-electron chi connectivity index (χ2n) is 13.0. The highest BCUT2D eigenvalue weighted by Crippen LogP contribution is 2.77. The number of carbonyl (C=O) groups is 3. The minimum atomic E-state index is -1.95. The lowest BCUT2D eigenvalue weighted by Gasteiger charge is -2.53. The molecular weight excluding hydrogens is 490 g/mol. The fraction of sp³-hybridized carbons (Fsp3) is 0.759. The predicted molar refractivity (Wildman–Crippen MR) is 139 cm³/mol. The number of likely N-dealkylation sites (N-methyl/N-ethyl adjacent to an activating group) is 1. The standard InChI is InChI=1S/C29H43NO8/c1-14(2)21(30(8)9)25(34)37-24-16(4)28(36)19(22-26(6,7)29(22,24)38-17(5)32)11-18(13-31)12-27(35)20(28)10-15(3)23(27)33/h10-11,14,16,19-22,24,31,35-36H,12-13H2,1-9H3/t16-,19+,20-,21-,22-,24-,27-,28-,29-/m1/s1. The number of aliphatic hydroxyl groups is 3. The summed E-state index contributed by atoms with van der Waals surface area (Å²) in [5, 5.41) is 34.7. The van der Waals surface area contributed by atoms with E-state index >= 15 is 0 Å². The number of carbonyl (C=O) groups excluding carboxylic acids is 3. The quantitative estimate of drug-likeness (QED) is 0.344. The Morgan fingerprint density at radius 1 is 1.18 bits per heavy atom. The van der Waals surface area contributed by atoms with Gasteiger partial charge in [0.1, 0.15) is 17.7 Å². The molecule has 0 amide bonds. The first kappa shape index (κ1) is 28.9. The Labute approximate surface area is 224 Å². The van der Waals surface area contributed by atoms with Crippen molar-refractivity contribution in [2.45, 2.75) is 83.8 Å². The van der Waals surface area contributed by atoms with Gasteiger partial charge < -0.3 is 24.8 Å². The molecule has 3 N–H and O–H groups in total. The van der Waals surface area contributed by atoms with E-state index in [4.69, 9.17) is 9.47 Å².